The van der Waals surface area contributed by atoms with Crippen molar-refractivity contribution >= 4 is 22.8 Å². The van der Waals surface area contributed by atoms with Gasteiger partial charge in [-0.05, 0) is 61.4 Å². The molecule has 0 saturated carbocycles. The molecule has 0 heterocycles. The average molecular weight is 518 g/mol. The molecule has 0 fully saturated rings. The van der Waals surface area contributed by atoms with Crippen LogP contribution in [0.15, 0.2) is 58.8 Å². The predicted octanol–water partition coefficient (Wildman–Crippen LogP) is 10.4. The van der Waals surface area contributed by atoms with Crippen molar-refractivity contribution in [3.05, 3.63) is 54.1 Å². The molecule has 204 valence electrons. The lowest BCUT2D eigenvalue weighted by atomic mass is 10.1. The maximum Gasteiger partial charge on any atom is 0.454 e. The third-order valence-corrected chi connectivity index (χ3v) is 6.45. The lowest BCUT2D eigenvalue weighted by molar-refractivity contribution is -0.0885. The van der Waals surface area contributed by atoms with E-state index in [9.17, 15) is 18.0 Å². The van der Waals surface area contributed by atoms with Crippen LogP contribution in [0.3, 0.4) is 0 Å². The van der Waals surface area contributed by atoms with E-state index in [2.05, 4.69) is 41.1 Å². The topological polar surface area (TPSA) is 45.0 Å². The molecule has 0 amide bonds. The maximum absolute atomic E-state index is 12.6. The number of alkyl halides is 3. The number of rotatable bonds is 18. The molecule has 0 aliphatic rings. The van der Waals surface area contributed by atoms with Gasteiger partial charge in [-0.3, -0.25) is 4.79 Å². The van der Waals surface area contributed by atoms with Gasteiger partial charge in [0.05, 0.1) is 11.4 Å². The fraction of sp³-hybridized carbons (Fsp3) is 0.567. The second-order valence-corrected chi connectivity index (χ2v) is 9.61. The van der Waals surface area contributed by atoms with Crippen molar-refractivity contribution in [1.29, 1.82) is 0 Å². The van der Waals surface area contributed by atoms with E-state index in [0.717, 1.165) is 25.2 Å². The van der Waals surface area contributed by atoms with Crippen molar-refractivity contribution in [2.75, 3.05) is 18.0 Å². The number of nitrogens with zero attached hydrogens (tertiary/aromatic N) is 3. The van der Waals surface area contributed by atoms with E-state index in [1.807, 2.05) is 12.1 Å². The molecule has 0 aliphatic heterocycles. The van der Waals surface area contributed by atoms with Gasteiger partial charge in [-0.1, -0.05) is 78.1 Å². The van der Waals surface area contributed by atoms with Gasteiger partial charge in [0, 0.05) is 24.3 Å². The number of anilines is 1. The first-order valence-corrected chi connectivity index (χ1v) is 13.8. The molecule has 0 bridgehead atoms. The van der Waals surface area contributed by atoms with Gasteiger partial charge in [0.1, 0.15) is 0 Å². The molecule has 0 aromatic heterocycles. The van der Waals surface area contributed by atoms with Crippen LogP contribution in [0.2, 0.25) is 0 Å². The lowest BCUT2D eigenvalue weighted by Gasteiger charge is -2.25. The number of azo groups is 1. The average Bonchev–Trinajstić information content (AvgIpc) is 2.90. The molecule has 0 atom stereocenters. The van der Waals surface area contributed by atoms with Crippen molar-refractivity contribution in [2.45, 2.75) is 97.1 Å². The Labute approximate surface area is 220 Å². The smallest absolute Gasteiger partial charge is 0.372 e. The van der Waals surface area contributed by atoms with E-state index in [0.29, 0.717) is 11.4 Å². The van der Waals surface area contributed by atoms with E-state index < -0.39 is 17.5 Å². The van der Waals surface area contributed by atoms with Crippen LogP contribution >= 0.6 is 0 Å². The molecule has 2 rings (SSSR count). The van der Waals surface area contributed by atoms with Crippen molar-refractivity contribution in [3.8, 4) is 0 Å². The Morgan fingerprint density at radius 1 is 0.649 bits per heavy atom. The van der Waals surface area contributed by atoms with Gasteiger partial charge in [-0.15, -0.1) is 0 Å². The fourth-order valence-electron chi connectivity index (χ4n) is 4.22. The van der Waals surface area contributed by atoms with Gasteiger partial charge in [-0.2, -0.15) is 23.4 Å². The van der Waals surface area contributed by atoms with E-state index >= 15 is 0 Å². The number of ketones is 1. The number of halogens is 3. The summed E-state index contributed by atoms with van der Waals surface area (Å²) in [5, 5.41) is 8.31. The molecule has 0 unspecified atom stereocenters. The molecule has 4 nitrogen and oxygen atoms in total. The molecule has 2 aromatic carbocycles. The van der Waals surface area contributed by atoms with Gasteiger partial charge < -0.3 is 4.90 Å². The highest BCUT2D eigenvalue weighted by atomic mass is 19.4. The number of Topliss-reactive ketones (excluding diaryl/α,β-unsaturated/α-hetero) is 1. The summed E-state index contributed by atoms with van der Waals surface area (Å²) in [4.78, 5) is 13.8. The first-order chi connectivity index (χ1) is 17.8. The minimum atomic E-state index is -4.89. The highest BCUT2D eigenvalue weighted by Crippen LogP contribution is 2.26. The number of benzene rings is 2. The van der Waals surface area contributed by atoms with Crippen LogP contribution in [0.4, 0.5) is 30.2 Å². The van der Waals surface area contributed by atoms with Crippen LogP contribution in [0, 0.1) is 0 Å². The maximum atomic E-state index is 12.6. The predicted molar refractivity (Wildman–Crippen MR) is 146 cm³/mol. The number of carbonyl (C=O) groups excluding carboxylic acids is 1. The van der Waals surface area contributed by atoms with Gasteiger partial charge in [0.15, 0.2) is 0 Å². The van der Waals surface area contributed by atoms with Crippen molar-refractivity contribution in [1.82, 2.24) is 0 Å². The minimum Gasteiger partial charge on any atom is -0.372 e. The highest BCUT2D eigenvalue weighted by molar-refractivity contribution is 6.00. The Morgan fingerprint density at radius 2 is 1.05 bits per heavy atom. The largest absolute Gasteiger partial charge is 0.454 e. The summed E-state index contributed by atoms with van der Waals surface area (Å²) < 4.78 is 37.7. The van der Waals surface area contributed by atoms with Crippen LogP contribution in [0.5, 0.6) is 0 Å². The van der Waals surface area contributed by atoms with Crippen LogP contribution < -0.4 is 4.90 Å². The van der Waals surface area contributed by atoms with Crippen LogP contribution in [-0.4, -0.2) is 25.0 Å². The third kappa shape index (κ3) is 11.9. The first kappa shape index (κ1) is 30.5. The first-order valence-electron chi connectivity index (χ1n) is 13.8. The van der Waals surface area contributed by atoms with Crippen molar-refractivity contribution in [2.24, 2.45) is 10.2 Å². The van der Waals surface area contributed by atoms with E-state index in [1.165, 1.54) is 94.9 Å². The minimum absolute atomic E-state index is 0.385. The molecule has 0 spiro atoms. The van der Waals surface area contributed by atoms with Gasteiger partial charge in [0.25, 0.3) is 5.78 Å². The Hall–Kier alpha value is -2.70. The Kier molecular flexibility index (Phi) is 14.0. The van der Waals surface area contributed by atoms with Gasteiger partial charge in [0.2, 0.25) is 0 Å². The van der Waals surface area contributed by atoms with Crippen LogP contribution in [-0.2, 0) is 0 Å². The zero-order chi connectivity index (χ0) is 26.9. The monoisotopic (exact) mass is 517 g/mol. The quantitative estimate of drug-likeness (QED) is 0.112. The molecule has 0 saturated heterocycles. The van der Waals surface area contributed by atoms with Crippen LogP contribution in [0.1, 0.15) is 101 Å². The molecule has 0 N–H and O–H groups in total. The van der Waals surface area contributed by atoms with Crippen molar-refractivity contribution < 1.29 is 18.0 Å². The summed E-state index contributed by atoms with van der Waals surface area (Å²) in [6, 6.07) is 12.9. The summed E-state index contributed by atoms with van der Waals surface area (Å²) in [5.74, 6) is -1.86. The van der Waals surface area contributed by atoms with E-state index in [-0.39, 0.29) is 0 Å². The Bertz CT molecular complexity index is 909. The second-order valence-electron chi connectivity index (χ2n) is 9.61. The molecular formula is C30H42F3N3O. The lowest BCUT2D eigenvalue weighted by Crippen LogP contribution is -2.25. The third-order valence-electron chi connectivity index (χ3n) is 6.45. The SMILES string of the molecule is CCCCCCCCN(CCCCCCCC)c1ccc(/N=N/c2ccc(C(=O)C(F)(F)F)cc2)cc1. The number of carbonyl (C=O) groups is 1. The Morgan fingerprint density at radius 3 is 1.49 bits per heavy atom. The highest BCUT2D eigenvalue weighted by Gasteiger charge is 2.39. The summed E-state index contributed by atoms with van der Waals surface area (Å²) in [6.07, 6.45) is 10.4. The standard InChI is InChI=1S/C30H42F3N3O/c1-3-5-7-9-11-13-23-36(24-14-12-10-8-6-4-2)28-21-19-27(20-22-28)35-34-26-17-15-25(16-18-26)29(37)30(31,32)33/h15-22H,3-14,23-24H2,1-2H3/b35-34+. The molecule has 2 aromatic rings. The molecular weight excluding hydrogens is 475 g/mol. The second kappa shape index (κ2) is 16.9. The summed E-state index contributed by atoms with van der Waals surface area (Å²) in [5.41, 5.74) is 1.82. The molecule has 0 aliphatic carbocycles. The number of hydrogen-bond donors (Lipinski definition) is 0. The van der Waals surface area contributed by atoms with Crippen molar-refractivity contribution in [3.63, 3.8) is 0 Å². The van der Waals surface area contributed by atoms with Gasteiger partial charge >= 0.3 is 6.18 Å². The summed E-state index contributed by atoms with van der Waals surface area (Å²) >= 11 is 0. The Balaban J connectivity index is 1.95. The molecule has 0 radical (unpaired) electrons. The van der Waals surface area contributed by atoms with Crippen LogP contribution in [0.25, 0.3) is 0 Å². The summed E-state index contributed by atoms with van der Waals surface area (Å²) in [6.45, 7) is 6.57. The zero-order valence-corrected chi connectivity index (χ0v) is 22.4. The zero-order valence-electron chi connectivity index (χ0n) is 22.4. The summed E-state index contributed by atoms with van der Waals surface area (Å²) in [7, 11) is 0. The van der Waals surface area contributed by atoms with Gasteiger partial charge in [-0.25, -0.2) is 0 Å². The molecule has 7 heteroatoms. The normalized spacial score (nSPS) is 11.8. The molecule has 37 heavy (non-hydrogen) atoms. The van der Waals surface area contributed by atoms with E-state index in [1.54, 1.807) is 0 Å². The fourth-order valence-corrected chi connectivity index (χ4v) is 4.22. The van der Waals surface area contributed by atoms with E-state index in [4.69, 9.17) is 0 Å². The number of unbranched alkanes of at least 4 members (excludes halogenated alkanes) is 10. The number of hydrogen-bond acceptors (Lipinski definition) is 4.